The Morgan fingerprint density at radius 3 is 2.77 bits per heavy atom. The summed E-state index contributed by atoms with van der Waals surface area (Å²) in [6, 6.07) is 5.09. The lowest BCUT2D eigenvalue weighted by Crippen LogP contribution is -2.07. The molecular formula is C9H8BrNO2. The van der Waals surface area contributed by atoms with Crippen LogP contribution in [0.25, 0.3) is 0 Å². The molecule has 1 N–H and O–H groups in total. The van der Waals surface area contributed by atoms with Crippen LogP contribution in [-0.4, -0.2) is 12.2 Å². The predicted octanol–water partition coefficient (Wildman–Crippen LogP) is 2.22. The summed E-state index contributed by atoms with van der Waals surface area (Å²) < 4.78 is 0.809. The highest BCUT2D eigenvalue weighted by Crippen LogP contribution is 2.19. The number of aldehydes is 1. The first-order valence-corrected chi connectivity index (χ1v) is 4.45. The van der Waals surface area contributed by atoms with Crippen molar-refractivity contribution in [1.82, 2.24) is 0 Å². The SMILES string of the molecule is CC(=O)Nc1ccc(Br)cc1C=O. The number of carbonyl (C=O) groups is 2. The van der Waals surface area contributed by atoms with Crippen molar-refractivity contribution in [2.75, 3.05) is 5.32 Å². The molecule has 0 saturated heterocycles. The number of nitrogens with one attached hydrogen (secondary N) is 1. The van der Waals surface area contributed by atoms with Crippen molar-refractivity contribution in [2.24, 2.45) is 0 Å². The van der Waals surface area contributed by atoms with Crippen LogP contribution in [0, 0.1) is 0 Å². The minimum absolute atomic E-state index is 0.189. The van der Waals surface area contributed by atoms with Crippen molar-refractivity contribution in [1.29, 1.82) is 0 Å². The van der Waals surface area contributed by atoms with Crippen LogP contribution in [0.5, 0.6) is 0 Å². The van der Waals surface area contributed by atoms with Crippen LogP contribution < -0.4 is 5.32 Å². The maximum absolute atomic E-state index is 10.7. The molecule has 13 heavy (non-hydrogen) atoms. The second-order valence-electron chi connectivity index (χ2n) is 2.53. The molecule has 0 aliphatic heterocycles. The zero-order valence-corrected chi connectivity index (χ0v) is 8.59. The third-order valence-electron chi connectivity index (χ3n) is 1.45. The average molecular weight is 242 g/mol. The van der Waals surface area contributed by atoms with Gasteiger partial charge in [0.15, 0.2) is 6.29 Å². The summed E-state index contributed by atoms with van der Waals surface area (Å²) in [5, 5.41) is 2.56. The Labute approximate surface area is 84.3 Å². The number of halogens is 1. The molecule has 1 aromatic carbocycles. The summed E-state index contributed by atoms with van der Waals surface area (Å²) in [7, 11) is 0. The monoisotopic (exact) mass is 241 g/mol. The standard InChI is InChI=1S/C9H8BrNO2/c1-6(13)11-9-3-2-8(10)4-7(9)5-12/h2-5H,1H3,(H,11,13). The molecule has 1 amide bonds. The van der Waals surface area contributed by atoms with Gasteiger partial charge in [0.25, 0.3) is 0 Å². The number of hydrogen-bond acceptors (Lipinski definition) is 2. The molecule has 0 aliphatic rings. The zero-order valence-electron chi connectivity index (χ0n) is 7.00. The first-order chi connectivity index (χ1) is 6.13. The molecule has 1 rings (SSSR count). The lowest BCUT2D eigenvalue weighted by molar-refractivity contribution is -0.114. The molecule has 0 unspecified atom stereocenters. The largest absolute Gasteiger partial charge is 0.326 e. The van der Waals surface area contributed by atoms with E-state index in [-0.39, 0.29) is 5.91 Å². The van der Waals surface area contributed by atoms with Crippen molar-refractivity contribution in [3.63, 3.8) is 0 Å². The van der Waals surface area contributed by atoms with E-state index in [0.717, 1.165) is 4.47 Å². The lowest BCUT2D eigenvalue weighted by atomic mass is 10.2. The Kier molecular flexibility index (Phi) is 3.19. The van der Waals surface area contributed by atoms with Crippen LogP contribution >= 0.6 is 15.9 Å². The van der Waals surface area contributed by atoms with Gasteiger partial charge in [-0.25, -0.2) is 0 Å². The van der Waals surface area contributed by atoms with Gasteiger partial charge in [0.2, 0.25) is 5.91 Å². The highest BCUT2D eigenvalue weighted by Gasteiger charge is 2.02. The Bertz CT molecular complexity index is 349. The number of benzene rings is 1. The van der Waals surface area contributed by atoms with Gasteiger partial charge in [0, 0.05) is 17.0 Å². The summed E-state index contributed by atoms with van der Waals surface area (Å²) in [6.07, 6.45) is 0.704. The summed E-state index contributed by atoms with van der Waals surface area (Å²) >= 11 is 3.23. The summed E-state index contributed by atoms with van der Waals surface area (Å²) in [5.74, 6) is -0.189. The second kappa shape index (κ2) is 4.18. The maximum Gasteiger partial charge on any atom is 0.221 e. The van der Waals surface area contributed by atoms with Gasteiger partial charge in [-0.15, -0.1) is 0 Å². The summed E-state index contributed by atoms with van der Waals surface area (Å²) in [4.78, 5) is 21.3. The van der Waals surface area contributed by atoms with Crippen LogP contribution in [-0.2, 0) is 4.79 Å². The van der Waals surface area contributed by atoms with Crippen molar-refractivity contribution in [3.05, 3.63) is 28.2 Å². The second-order valence-corrected chi connectivity index (χ2v) is 3.45. The van der Waals surface area contributed by atoms with E-state index >= 15 is 0 Å². The molecule has 0 radical (unpaired) electrons. The fourth-order valence-corrected chi connectivity index (χ4v) is 1.31. The molecule has 3 nitrogen and oxygen atoms in total. The van der Waals surface area contributed by atoms with E-state index in [1.54, 1.807) is 18.2 Å². The third-order valence-corrected chi connectivity index (χ3v) is 1.94. The predicted molar refractivity (Wildman–Crippen MR) is 53.8 cm³/mol. The smallest absolute Gasteiger partial charge is 0.221 e. The molecule has 0 spiro atoms. The van der Waals surface area contributed by atoms with Gasteiger partial charge in [0.05, 0.1) is 5.69 Å². The van der Waals surface area contributed by atoms with Gasteiger partial charge in [-0.05, 0) is 18.2 Å². The molecule has 68 valence electrons. The van der Waals surface area contributed by atoms with E-state index in [4.69, 9.17) is 0 Å². The molecule has 0 aliphatic carbocycles. The molecule has 0 atom stereocenters. The van der Waals surface area contributed by atoms with Gasteiger partial charge in [-0.2, -0.15) is 0 Å². The number of anilines is 1. The highest BCUT2D eigenvalue weighted by atomic mass is 79.9. The average Bonchev–Trinajstić information content (AvgIpc) is 2.07. The number of carbonyl (C=O) groups excluding carboxylic acids is 2. The molecule has 0 saturated carbocycles. The van der Waals surface area contributed by atoms with Crippen LogP contribution in [0.3, 0.4) is 0 Å². The van der Waals surface area contributed by atoms with Crippen LogP contribution in [0.1, 0.15) is 17.3 Å². The lowest BCUT2D eigenvalue weighted by Gasteiger charge is -2.04. The minimum Gasteiger partial charge on any atom is -0.326 e. The van der Waals surface area contributed by atoms with Crippen molar-refractivity contribution < 1.29 is 9.59 Å². The Morgan fingerprint density at radius 2 is 2.23 bits per heavy atom. The van der Waals surface area contributed by atoms with E-state index < -0.39 is 0 Å². The van der Waals surface area contributed by atoms with Crippen molar-refractivity contribution in [3.8, 4) is 0 Å². The fourth-order valence-electron chi connectivity index (χ4n) is 0.935. The van der Waals surface area contributed by atoms with Crippen LogP contribution in [0.4, 0.5) is 5.69 Å². The Balaban J connectivity index is 3.05. The minimum atomic E-state index is -0.189. The molecular weight excluding hydrogens is 234 g/mol. The van der Waals surface area contributed by atoms with Crippen molar-refractivity contribution in [2.45, 2.75) is 6.92 Å². The molecule has 0 aromatic heterocycles. The van der Waals surface area contributed by atoms with Gasteiger partial charge >= 0.3 is 0 Å². The van der Waals surface area contributed by atoms with E-state index in [2.05, 4.69) is 21.2 Å². The highest BCUT2D eigenvalue weighted by molar-refractivity contribution is 9.10. The van der Waals surface area contributed by atoms with Crippen molar-refractivity contribution >= 4 is 33.8 Å². The Morgan fingerprint density at radius 1 is 1.54 bits per heavy atom. The van der Waals surface area contributed by atoms with Gasteiger partial charge in [0.1, 0.15) is 0 Å². The quantitative estimate of drug-likeness (QED) is 0.808. The first-order valence-electron chi connectivity index (χ1n) is 3.66. The topological polar surface area (TPSA) is 46.2 Å². The zero-order chi connectivity index (χ0) is 9.84. The summed E-state index contributed by atoms with van der Waals surface area (Å²) in [5.41, 5.74) is 0.996. The Hall–Kier alpha value is -1.16. The molecule has 1 aromatic rings. The molecule has 4 heteroatoms. The number of rotatable bonds is 2. The van der Waals surface area contributed by atoms with Gasteiger partial charge < -0.3 is 5.32 Å². The first kappa shape index (κ1) is 9.92. The normalized spacial score (nSPS) is 9.38. The third kappa shape index (κ3) is 2.66. The van der Waals surface area contributed by atoms with E-state index in [9.17, 15) is 9.59 Å². The molecule has 0 heterocycles. The van der Waals surface area contributed by atoms with Crippen LogP contribution in [0.15, 0.2) is 22.7 Å². The van der Waals surface area contributed by atoms with E-state index in [1.807, 2.05) is 0 Å². The number of amides is 1. The van der Waals surface area contributed by atoms with Gasteiger partial charge in [-0.3, -0.25) is 9.59 Å². The molecule has 0 bridgehead atoms. The summed E-state index contributed by atoms with van der Waals surface area (Å²) in [6.45, 7) is 1.40. The molecule has 0 fully saturated rings. The fraction of sp³-hybridized carbons (Fsp3) is 0.111. The van der Waals surface area contributed by atoms with E-state index in [1.165, 1.54) is 6.92 Å². The van der Waals surface area contributed by atoms with Gasteiger partial charge in [-0.1, -0.05) is 15.9 Å². The number of hydrogen-bond donors (Lipinski definition) is 1. The van der Waals surface area contributed by atoms with E-state index in [0.29, 0.717) is 17.5 Å². The maximum atomic E-state index is 10.7. The van der Waals surface area contributed by atoms with Crippen LogP contribution in [0.2, 0.25) is 0 Å².